The van der Waals surface area contributed by atoms with E-state index in [4.69, 9.17) is 4.74 Å². The van der Waals surface area contributed by atoms with Crippen LogP contribution in [-0.2, 0) is 10.0 Å². The Morgan fingerprint density at radius 2 is 1.40 bits per heavy atom. The molecule has 206 valence electrons. The van der Waals surface area contributed by atoms with Crippen molar-refractivity contribution in [2.45, 2.75) is 10.9 Å². The maximum atomic E-state index is 13.5. The Balaban J connectivity index is 1.25. The molecule has 1 amide bonds. The maximum absolute atomic E-state index is 13.5. The van der Waals surface area contributed by atoms with E-state index in [2.05, 4.69) is 57.1 Å². The van der Waals surface area contributed by atoms with E-state index >= 15 is 0 Å². The van der Waals surface area contributed by atoms with Gasteiger partial charge in [0.1, 0.15) is 5.75 Å². The van der Waals surface area contributed by atoms with Gasteiger partial charge in [0.05, 0.1) is 21.6 Å². The summed E-state index contributed by atoms with van der Waals surface area (Å²) in [6.07, 6.45) is 0. The number of anilines is 1. The van der Waals surface area contributed by atoms with E-state index in [-0.39, 0.29) is 16.8 Å². The number of hydrogen-bond acceptors (Lipinski definition) is 5. The van der Waals surface area contributed by atoms with Crippen LogP contribution in [0.3, 0.4) is 0 Å². The number of amides is 1. The molecular weight excluding hydrogens is 637 g/mol. The van der Waals surface area contributed by atoms with Gasteiger partial charge >= 0.3 is 0 Å². The van der Waals surface area contributed by atoms with Gasteiger partial charge in [-0.1, -0.05) is 60.7 Å². The van der Waals surface area contributed by atoms with Gasteiger partial charge < -0.3 is 10.1 Å². The van der Waals surface area contributed by atoms with Crippen molar-refractivity contribution in [3.05, 3.63) is 123 Å². The zero-order valence-corrected chi connectivity index (χ0v) is 25.0. The lowest BCUT2D eigenvalue weighted by molar-refractivity contribution is 0.102. The van der Waals surface area contributed by atoms with E-state index < -0.39 is 10.0 Å². The molecule has 1 aliphatic heterocycles. The summed E-state index contributed by atoms with van der Waals surface area (Å²) in [5.41, 5.74) is 3.39. The normalized spacial score (nSPS) is 14.7. The number of piperazine rings is 1. The summed E-state index contributed by atoms with van der Waals surface area (Å²) in [7, 11) is -2.09. The molecule has 9 heteroatoms. The molecule has 1 aliphatic rings. The van der Waals surface area contributed by atoms with Gasteiger partial charge in [0.2, 0.25) is 10.0 Å². The van der Waals surface area contributed by atoms with Crippen LogP contribution in [-0.4, -0.2) is 56.8 Å². The molecule has 7 nitrogen and oxygen atoms in total. The van der Waals surface area contributed by atoms with Crippen LogP contribution in [0.1, 0.15) is 27.5 Å². The van der Waals surface area contributed by atoms with Crippen LogP contribution in [0.2, 0.25) is 0 Å². The molecule has 1 fully saturated rings. The van der Waals surface area contributed by atoms with E-state index in [1.807, 2.05) is 36.4 Å². The zero-order chi connectivity index (χ0) is 28.1. The van der Waals surface area contributed by atoms with Crippen LogP contribution in [0, 0.1) is 3.57 Å². The summed E-state index contributed by atoms with van der Waals surface area (Å²) < 4.78 is 34.5. The summed E-state index contributed by atoms with van der Waals surface area (Å²) in [6.45, 7) is 2.02. The minimum atomic E-state index is -3.67. The smallest absolute Gasteiger partial charge is 0.255 e. The third kappa shape index (κ3) is 6.22. The highest BCUT2D eigenvalue weighted by Crippen LogP contribution is 2.31. The Kier molecular flexibility index (Phi) is 8.84. The van der Waals surface area contributed by atoms with Gasteiger partial charge in [-0.05, 0) is 76.2 Å². The average molecular weight is 668 g/mol. The molecule has 0 saturated carbocycles. The second-order valence-corrected chi connectivity index (χ2v) is 12.6. The first-order chi connectivity index (χ1) is 19.4. The molecule has 5 rings (SSSR count). The Hall–Kier alpha value is -3.25. The first-order valence-corrected chi connectivity index (χ1v) is 15.5. The highest BCUT2D eigenvalue weighted by molar-refractivity contribution is 14.1. The molecule has 0 aromatic heterocycles. The molecule has 0 aliphatic carbocycles. The molecule has 0 bridgehead atoms. The monoisotopic (exact) mass is 667 g/mol. The summed E-state index contributed by atoms with van der Waals surface area (Å²) in [4.78, 5) is 15.3. The van der Waals surface area contributed by atoms with Crippen molar-refractivity contribution < 1.29 is 17.9 Å². The van der Waals surface area contributed by atoms with Crippen LogP contribution in [0.4, 0.5) is 5.69 Å². The molecule has 40 heavy (non-hydrogen) atoms. The van der Waals surface area contributed by atoms with Gasteiger partial charge in [0.25, 0.3) is 5.91 Å². The quantitative estimate of drug-likeness (QED) is 0.246. The fourth-order valence-corrected chi connectivity index (χ4v) is 7.11. The molecule has 1 saturated heterocycles. The van der Waals surface area contributed by atoms with Gasteiger partial charge in [0.15, 0.2) is 0 Å². The van der Waals surface area contributed by atoms with Gasteiger partial charge in [-0.25, -0.2) is 8.42 Å². The molecule has 0 unspecified atom stereocenters. The lowest BCUT2D eigenvalue weighted by atomic mass is 9.96. The number of rotatable bonds is 8. The van der Waals surface area contributed by atoms with E-state index in [0.717, 1.165) is 3.57 Å². The molecule has 4 aromatic carbocycles. The highest BCUT2D eigenvalue weighted by Gasteiger charge is 2.32. The van der Waals surface area contributed by atoms with Crippen molar-refractivity contribution in [2.24, 2.45) is 0 Å². The van der Waals surface area contributed by atoms with Crippen molar-refractivity contribution in [1.82, 2.24) is 9.21 Å². The third-order valence-corrected chi connectivity index (χ3v) is 9.79. The van der Waals surface area contributed by atoms with Crippen molar-refractivity contribution >= 4 is 44.2 Å². The van der Waals surface area contributed by atoms with E-state index in [0.29, 0.717) is 43.2 Å². The van der Waals surface area contributed by atoms with Crippen molar-refractivity contribution in [3.8, 4) is 5.75 Å². The van der Waals surface area contributed by atoms with Crippen LogP contribution in [0.5, 0.6) is 5.75 Å². The fraction of sp³-hybridized carbons (Fsp3) is 0.194. The summed E-state index contributed by atoms with van der Waals surface area (Å²) in [5, 5.41) is 2.83. The Labute approximate surface area is 249 Å². The average Bonchev–Trinajstić information content (AvgIpc) is 2.99. The molecular formula is C31H30IN3O4S. The second kappa shape index (κ2) is 12.5. The molecule has 1 N–H and O–H groups in total. The predicted molar refractivity (Wildman–Crippen MR) is 165 cm³/mol. The number of nitrogens with zero attached hydrogens (tertiary/aromatic N) is 2. The summed E-state index contributed by atoms with van der Waals surface area (Å²) in [6, 6.07) is 32.2. The van der Waals surface area contributed by atoms with Crippen molar-refractivity contribution in [2.75, 3.05) is 38.6 Å². The van der Waals surface area contributed by atoms with Gasteiger partial charge in [-0.15, -0.1) is 0 Å². The van der Waals surface area contributed by atoms with Gasteiger partial charge in [0, 0.05) is 37.4 Å². The highest BCUT2D eigenvalue weighted by atomic mass is 127. The maximum Gasteiger partial charge on any atom is 0.255 e. The number of carbonyl (C=O) groups excluding carboxylic acids is 1. The molecule has 4 aromatic rings. The number of sulfonamides is 1. The van der Waals surface area contributed by atoms with Crippen LogP contribution < -0.4 is 10.1 Å². The van der Waals surface area contributed by atoms with Crippen LogP contribution >= 0.6 is 22.6 Å². The van der Waals surface area contributed by atoms with E-state index in [9.17, 15) is 13.2 Å². The van der Waals surface area contributed by atoms with Crippen molar-refractivity contribution in [1.29, 1.82) is 0 Å². The standard InChI is InChI=1S/C31H30IN3O4S/c1-39-29-17-12-25(22-28(29)32)31(36)33-26-13-15-27(16-14-26)40(37,38)35-20-18-34(19-21-35)30(23-8-4-2-5-9-23)24-10-6-3-7-11-24/h2-17,22,30H,18-21H2,1H3,(H,33,36). The number of nitrogens with one attached hydrogen (secondary N) is 1. The van der Waals surface area contributed by atoms with Gasteiger partial charge in [-0.2, -0.15) is 4.31 Å². The topological polar surface area (TPSA) is 78.9 Å². The zero-order valence-electron chi connectivity index (χ0n) is 22.0. The SMILES string of the molecule is COc1ccc(C(=O)Nc2ccc(S(=O)(=O)N3CCN(C(c4ccccc4)c4ccccc4)CC3)cc2)cc1I. The number of ether oxygens (including phenoxy) is 1. The molecule has 0 atom stereocenters. The molecule has 0 radical (unpaired) electrons. The van der Waals surface area contributed by atoms with E-state index in [1.54, 1.807) is 53.9 Å². The Morgan fingerprint density at radius 3 is 1.93 bits per heavy atom. The Morgan fingerprint density at radius 1 is 0.825 bits per heavy atom. The number of hydrogen-bond donors (Lipinski definition) is 1. The largest absolute Gasteiger partial charge is 0.496 e. The first kappa shape index (κ1) is 28.3. The number of carbonyl (C=O) groups is 1. The van der Waals surface area contributed by atoms with E-state index in [1.165, 1.54) is 11.1 Å². The fourth-order valence-electron chi connectivity index (χ4n) is 4.96. The first-order valence-electron chi connectivity index (χ1n) is 13.0. The predicted octanol–water partition coefficient (Wildman–Crippen LogP) is 5.65. The lowest BCUT2D eigenvalue weighted by Crippen LogP contribution is -2.49. The van der Waals surface area contributed by atoms with Crippen LogP contribution in [0.15, 0.2) is 108 Å². The molecule has 0 spiro atoms. The van der Waals surface area contributed by atoms with Crippen LogP contribution in [0.25, 0.3) is 0 Å². The minimum Gasteiger partial charge on any atom is -0.496 e. The summed E-state index contributed by atoms with van der Waals surface area (Å²) >= 11 is 2.12. The number of benzene rings is 4. The number of methoxy groups -OCH3 is 1. The lowest BCUT2D eigenvalue weighted by Gasteiger charge is -2.39. The summed E-state index contributed by atoms with van der Waals surface area (Å²) in [5.74, 6) is 0.418. The second-order valence-electron chi connectivity index (χ2n) is 9.49. The minimum absolute atomic E-state index is 0.0594. The van der Waals surface area contributed by atoms with Crippen molar-refractivity contribution in [3.63, 3.8) is 0 Å². The molecule has 1 heterocycles. The number of halogens is 1. The van der Waals surface area contributed by atoms with Gasteiger partial charge in [-0.3, -0.25) is 9.69 Å². The third-order valence-electron chi connectivity index (χ3n) is 7.03. The Bertz CT molecular complexity index is 1520.